The van der Waals surface area contributed by atoms with E-state index in [0.29, 0.717) is 19.4 Å². The minimum atomic E-state index is -1.02. The first-order valence-corrected chi connectivity index (χ1v) is 6.06. The number of hydrogen-bond acceptors (Lipinski definition) is 3. The third kappa shape index (κ3) is 3.05. The number of amides is 1. The Bertz CT molecular complexity index is 326. The maximum Gasteiger partial charge on any atom is 0.326 e. The minimum Gasteiger partial charge on any atom is -0.480 e. The molecule has 0 radical (unpaired) electrons. The molecule has 0 saturated carbocycles. The van der Waals surface area contributed by atoms with Gasteiger partial charge in [-0.15, -0.1) is 0 Å². The SMILES string of the molecule is CCC(C)C(=O)C(=O)N1CCCC[C@H]1C(=O)O. The van der Waals surface area contributed by atoms with Gasteiger partial charge in [0.1, 0.15) is 6.04 Å². The van der Waals surface area contributed by atoms with Gasteiger partial charge in [0.2, 0.25) is 5.78 Å². The summed E-state index contributed by atoms with van der Waals surface area (Å²) in [6.45, 7) is 3.90. The lowest BCUT2D eigenvalue weighted by atomic mass is 9.98. The van der Waals surface area contributed by atoms with Gasteiger partial charge >= 0.3 is 5.97 Å². The lowest BCUT2D eigenvalue weighted by Crippen LogP contribution is -2.51. The zero-order valence-electron chi connectivity index (χ0n) is 10.3. The van der Waals surface area contributed by atoms with Gasteiger partial charge in [0, 0.05) is 12.5 Å². The van der Waals surface area contributed by atoms with Crippen molar-refractivity contribution in [3.63, 3.8) is 0 Å². The molecular weight excluding hydrogens is 222 g/mol. The number of ketones is 1. The number of carbonyl (C=O) groups is 3. The van der Waals surface area contributed by atoms with Crippen LogP contribution in [0.15, 0.2) is 0 Å². The molecule has 0 bridgehead atoms. The van der Waals surface area contributed by atoms with E-state index in [1.807, 2.05) is 6.92 Å². The molecule has 1 N–H and O–H groups in total. The van der Waals surface area contributed by atoms with E-state index < -0.39 is 23.7 Å². The highest BCUT2D eigenvalue weighted by Crippen LogP contribution is 2.19. The molecule has 2 atom stereocenters. The maximum atomic E-state index is 11.9. The summed E-state index contributed by atoms with van der Waals surface area (Å²) in [6.07, 6.45) is 2.59. The Morgan fingerprint density at radius 1 is 1.35 bits per heavy atom. The molecule has 1 aliphatic rings. The van der Waals surface area contributed by atoms with Gasteiger partial charge in [-0.1, -0.05) is 13.8 Å². The molecule has 0 aliphatic carbocycles. The van der Waals surface area contributed by atoms with Crippen LogP contribution in [0.2, 0.25) is 0 Å². The number of Topliss-reactive ketones (excluding diaryl/α,β-unsaturated/α-hetero) is 1. The van der Waals surface area contributed by atoms with Crippen LogP contribution in [0.4, 0.5) is 0 Å². The summed E-state index contributed by atoms with van der Waals surface area (Å²) in [7, 11) is 0. The molecule has 17 heavy (non-hydrogen) atoms. The van der Waals surface area contributed by atoms with E-state index in [1.165, 1.54) is 4.90 Å². The van der Waals surface area contributed by atoms with Crippen LogP contribution in [0.1, 0.15) is 39.5 Å². The average molecular weight is 241 g/mol. The predicted octanol–water partition coefficient (Wildman–Crippen LogP) is 1.07. The van der Waals surface area contributed by atoms with Gasteiger partial charge in [0.05, 0.1) is 0 Å². The van der Waals surface area contributed by atoms with Crippen LogP contribution in [-0.2, 0) is 14.4 Å². The predicted molar refractivity (Wildman–Crippen MR) is 61.4 cm³/mol. The first kappa shape index (κ1) is 13.7. The van der Waals surface area contributed by atoms with Crippen molar-refractivity contribution in [1.29, 1.82) is 0 Å². The second kappa shape index (κ2) is 5.80. The lowest BCUT2D eigenvalue weighted by molar-refractivity contribution is -0.156. The van der Waals surface area contributed by atoms with Crippen molar-refractivity contribution >= 4 is 17.7 Å². The molecule has 1 rings (SSSR count). The van der Waals surface area contributed by atoms with E-state index in [-0.39, 0.29) is 5.92 Å². The van der Waals surface area contributed by atoms with Gasteiger partial charge < -0.3 is 10.0 Å². The molecule has 0 aromatic carbocycles. The van der Waals surface area contributed by atoms with Crippen LogP contribution in [0.5, 0.6) is 0 Å². The molecule has 5 heteroatoms. The number of piperidine rings is 1. The lowest BCUT2D eigenvalue weighted by Gasteiger charge is -2.32. The molecule has 1 heterocycles. The number of carboxylic acids is 1. The van der Waals surface area contributed by atoms with Crippen LogP contribution in [0, 0.1) is 5.92 Å². The molecule has 1 saturated heterocycles. The van der Waals surface area contributed by atoms with Crippen LogP contribution in [0.25, 0.3) is 0 Å². The van der Waals surface area contributed by atoms with Crippen LogP contribution >= 0.6 is 0 Å². The summed E-state index contributed by atoms with van der Waals surface area (Å²) in [6, 6.07) is -0.829. The summed E-state index contributed by atoms with van der Waals surface area (Å²) < 4.78 is 0. The Balaban J connectivity index is 2.78. The summed E-state index contributed by atoms with van der Waals surface area (Å²) in [5.41, 5.74) is 0. The molecule has 1 fully saturated rings. The third-order valence-electron chi connectivity index (χ3n) is 3.32. The zero-order valence-corrected chi connectivity index (χ0v) is 10.3. The zero-order chi connectivity index (χ0) is 13.0. The largest absolute Gasteiger partial charge is 0.480 e. The fourth-order valence-corrected chi connectivity index (χ4v) is 1.97. The molecule has 5 nitrogen and oxygen atoms in total. The fourth-order valence-electron chi connectivity index (χ4n) is 1.97. The highest BCUT2D eigenvalue weighted by Gasteiger charge is 2.35. The highest BCUT2D eigenvalue weighted by molar-refractivity contribution is 6.37. The normalized spacial score (nSPS) is 22.0. The van der Waals surface area contributed by atoms with Crippen molar-refractivity contribution in [3.05, 3.63) is 0 Å². The molecule has 0 aromatic rings. The van der Waals surface area contributed by atoms with E-state index >= 15 is 0 Å². The van der Waals surface area contributed by atoms with E-state index in [2.05, 4.69) is 0 Å². The second-order valence-electron chi connectivity index (χ2n) is 4.52. The number of rotatable bonds is 4. The molecule has 96 valence electrons. The summed E-state index contributed by atoms with van der Waals surface area (Å²) in [4.78, 5) is 35.9. The third-order valence-corrected chi connectivity index (χ3v) is 3.32. The van der Waals surface area contributed by atoms with E-state index in [1.54, 1.807) is 6.92 Å². The van der Waals surface area contributed by atoms with Crippen LogP contribution in [-0.4, -0.2) is 40.3 Å². The van der Waals surface area contributed by atoms with Crippen molar-refractivity contribution in [1.82, 2.24) is 4.90 Å². The quantitative estimate of drug-likeness (QED) is 0.747. The van der Waals surface area contributed by atoms with Crippen molar-refractivity contribution in [3.8, 4) is 0 Å². The first-order chi connectivity index (χ1) is 7.99. The van der Waals surface area contributed by atoms with Crippen LogP contribution in [0.3, 0.4) is 0 Å². The van der Waals surface area contributed by atoms with Crippen molar-refractivity contribution < 1.29 is 19.5 Å². The molecule has 1 unspecified atom stereocenters. The first-order valence-electron chi connectivity index (χ1n) is 6.06. The Morgan fingerprint density at radius 2 is 2.00 bits per heavy atom. The average Bonchev–Trinajstić information content (AvgIpc) is 2.35. The van der Waals surface area contributed by atoms with Crippen LogP contribution < -0.4 is 0 Å². The smallest absolute Gasteiger partial charge is 0.326 e. The van der Waals surface area contributed by atoms with Crippen molar-refractivity contribution in [2.24, 2.45) is 5.92 Å². The number of carboxylic acid groups (broad SMARTS) is 1. The van der Waals surface area contributed by atoms with E-state index in [4.69, 9.17) is 5.11 Å². The monoisotopic (exact) mass is 241 g/mol. The summed E-state index contributed by atoms with van der Waals surface area (Å²) in [5.74, 6) is -2.46. The van der Waals surface area contributed by atoms with Gasteiger partial charge in [-0.2, -0.15) is 0 Å². The van der Waals surface area contributed by atoms with Crippen molar-refractivity contribution in [2.75, 3.05) is 6.54 Å². The van der Waals surface area contributed by atoms with Gasteiger partial charge in [-0.05, 0) is 25.7 Å². The highest BCUT2D eigenvalue weighted by atomic mass is 16.4. The van der Waals surface area contributed by atoms with Gasteiger partial charge in [-0.25, -0.2) is 4.79 Å². The Labute approximate surface area is 101 Å². The molecule has 0 aromatic heterocycles. The number of likely N-dealkylation sites (tertiary alicyclic amines) is 1. The maximum absolute atomic E-state index is 11.9. The second-order valence-corrected chi connectivity index (χ2v) is 4.52. The minimum absolute atomic E-state index is 0.334. The fraction of sp³-hybridized carbons (Fsp3) is 0.750. The number of aliphatic carboxylic acids is 1. The standard InChI is InChI=1S/C12H19NO4/c1-3-8(2)10(14)11(15)13-7-5-4-6-9(13)12(16)17/h8-9H,3-7H2,1-2H3,(H,16,17)/t8?,9-/m0/s1. The molecule has 0 spiro atoms. The van der Waals surface area contributed by atoms with Crippen molar-refractivity contribution in [2.45, 2.75) is 45.6 Å². The number of hydrogen-bond donors (Lipinski definition) is 1. The summed E-state index contributed by atoms with van der Waals surface area (Å²) in [5, 5.41) is 9.03. The number of nitrogens with zero attached hydrogens (tertiary/aromatic N) is 1. The topological polar surface area (TPSA) is 74.7 Å². The molecule has 1 amide bonds. The van der Waals surface area contributed by atoms with Gasteiger partial charge in [0.15, 0.2) is 0 Å². The summed E-state index contributed by atoms with van der Waals surface area (Å²) >= 11 is 0. The number of carbonyl (C=O) groups excluding carboxylic acids is 2. The van der Waals surface area contributed by atoms with E-state index in [9.17, 15) is 14.4 Å². The Kier molecular flexibility index (Phi) is 4.66. The Morgan fingerprint density at radius 3 is 2.53 bits per heavy atom. The molecule has 1 aliphatic heterocycles. The van der Waals surface area contributed by atoms with E-state index in [0.717, 1.165) is 12.8 Å². The Hall–Kier alpha value is -1.39. The van der Waals surface area contributed by atoms with Gasteiger partial charge in [-0.3, -0.25) is 9.59 Å². The molecular formula is C12H19NO4. The van der Waals surface area contributed by atoms with Gasteiger partial charge in [0.25, 0.3) is 5.91 Å².